The molecule has 3 aromatic rings. The predicted molar refractivity (Wildman–Crippen MR) is 109 cm³/mol. The van der Waals surface area contributed by atoms with Gasteiger partial charge in [-0.3, -0.25) is 9.36 Å². The van der Waals surface area contributed by atoms with Gasteiger partial charge >= 0.3 is 5.97 Å². The monoisotopic (exact) mass is 421 g/mol. The maximum atomic E-state index is 12.0. The normalized spacial score (nSPS) is 12.0. The highest BCUT2D eigenvalue weighted by atomic mass is 35.5. The van der Waals surface area contributed by atoms with Crippen molar-refractivity contribution in [3.63, 3.8) is 0 Å². The second-order valence-corrected chi connectivity index (χ2v) is 7.71. The summed E-state index contributed by atoms with van der Waals surface area (Å²) in [5.74, 6) is 0.239. The minimum absolute atomic E-state index is 0.310. The SMILES string of the molecule is CCOC(=O)[C@H](C)Sc1nnc(-c2ccccc2Cl)n1-c1ccccc1Cl. The Balaban J connectivity index is 2.11. The van der Waals surface area contributed by atoms with Crippen LogP contribution < -0.4 is 0 Å². The molecule has 3 rings (SSSR count). The highest BCUT2D eigenvalue weighted by Gasteiger charge is 2.24. The number of ether oxygens (including phenoxy) is 1. The van der Waals surface area contributed by atoms with Crippen molar-refractivity contribution < 1.29 is 9.53 Å². The largest absolute Gasteiger partial charge is 0.465 e. The summed E-state index contributed by atoms with van der Waals surface area (Å²) in [7, 11) is 0. The number of hydrogen-bond donors (Lipinski definition) is 0. The van der Waals surface area contributed by atoms with Crippen molar-refractivity contribution in [3.05, 3.63) is 58.6 Å². The summed E-state index contributed by atoms with van der Waals surface area (Å²) in [6.45, 7) is 3.87. The fraction of sp³-hybridized carbons (Fsp3) is 0.211. The molecular formula is C19H17Cl2N3O2S. The van der Waals surface area contributed by atoms with Gasteiger partial charge in [0.1, 0.15) is 5.25 Å². The average molecular weight is 422 g/mol. The number of nitrogens with zero attached hydrogens (tertiary/aromatic N) is 3. The number of esters is 1. The number of para-hydroxylation sites is 1. The summed E-state index contributed by atoms with van der Waals surface area (Å²) in [6, 6.07) is 14.8. The van der Waals surface area contributed by atoms with Crippen molar-refractivity contribution in [1.82, 2.24) is 14.8 Å². The van der Waals surface area contributed by atoms with Crippen LogP contribution in [-0.4, -0.2) is 32.6 Å². The summed E-state index contributed by atoms with van der Waals surface area (Å²) < 4.78 is 6.90. The van der Waals surface area contributed by atoms with Gasteiger partial charge in [0.25, 0.3) is 0 Å². The predicted octanol–water partition coefficient (Wildman–Crippen LogP) is 5.28. The highest BCUT2D eigenvalue weighted by Crippen LogP contribution is 2.35. The molecule has 140 valence electrons. The van der Waals surface area contributed by atoms with E-state index in [0.29, 0.717) is 33.3 Å². The van der Waals surface area contributed by atoms with Crippen molar-refractivity contribution in [2.45, 2.75) is 24.3 Å². The van der Waals surface area contributed by atoms with Gasteiger partial charge in [0, 0.05) is 5.56 Å². The van der Waals surface area contributed by atoms with Crippen LogP contribution in [0.15, 0.2) is 53.7 Å². The lowest BCUT2D eigenvalue weighted by Crippen LogP contribution is -2.17. The van der Waals surface area contributed by atoms with Crippen molar-refractivity contribution in [3.8, 4) is 17.1 Å². The standard InChI is InChI=1S/C19H17Cl2N3O2S/c1-3-26-18(25)12(2)27-19-23-22-17(13-8-4-5-9-14(13)20)24(19)16-11-7-6-10-15(16)21/h4-12H,3H2,1-2H3/t12-/m0/s1. The van der Waals surface area contributed by atoms with Crippen LogP contribution in [0.4, 0.5) is 0 Å². The van der Waals surface area contributed by atoms with Crippen molar-refractivity contribution in [2.24, 2.45) is 0 Å². The molecule has 27 heavy (non-hydrogen) atoms. The minimum Gasteiger partial charge on any atom is -0.465 e. The van der Waals surface area contributed by atoms with Gasteiger partial charge < -0.3 is 4.74 Å². The fourth-order valence-corrected chi connectivity index (χ4v) is 3.78. The molecule has 0 fully saturated rings. The van der Waals surface area contributed by atoms with Crippen LogP contribution in [0.5, 0.6) is 0 Å². The van der Waals surface area contributed by atoms with E-state index in [1.807, 2.05) is 41.0 Å². The van der Waals surface area contributed by atoms with Crippen LogP contribution in [0, 0.1) is 0 Å². The maximum absolute atomic E-state index is 12.0. The van der Waals surface area contributed by atoms with E-state index >= 15 is 0 Å². The molecule has 0 radical (unpaired) electrons. The number of aromatic nitrogens is 3. The molecule has 0 aliphatic rings. The third-order valence-electron chi connectivity index (χ3n) is 3.74. The molecule has 0 saturated carbocycles. The summed E-state index contributed by atoms with van der Waals surface area (Å²) in [5, 5.41) is 9.77. The third kappa shape index (κ3) is 4.29. The molecule has 0 saturated heterocycles. The zero-order valence-electron chi connectivity index (χ0n) is 14.7. The Morgan fingerprint density at radius 3 is 2.44 bits per heavy atom. The van der Waals surface area contributed by atoms with Crippen LogP contribution in [0.3, 0.4) is 0 Å². The molecule has 1 heterocycles. The van der Waals surface area contributed by atoms with E-state index in [9.17, 15) is 4.79 Å². The Hall–Kier alpha value is -2.02. The van der Waals surface area contributed by atoms with Gasteiger partial charge in [0.2, 0.25) is 0 Å². The smallest absolute Gasteiger partial charge is 0.319 e. The molecule has 0 amide bonds. The average Bonchev–Trinajstić information content (AvgIpc) is 3.05. The highest BCUT2D eigenvalue weighted by molar-refractivity contribution is 8.00. The fourth-order valence-electron chi connectivity index (χ4n) is 2.48. The van der Waals surface area contributed by atoms with Crippen LogP contribution >= 0.6 is 35.0 Å². The molecule has 0 unspecified atom stereocenters. The first-order valence-corrected chi connectivity index (χ1v) is 9.95. The number of benzene rings is 2. The number of hydrogen-bond acceptors (Lipinski definition) is 5. The van der Waals surface area contributed by atoms with E-state index in [4.69, 9.17) is 27.9 Å². The van der Waals surface area contributed by atoms with Gasteiger partial charge in [-0.05, 0) is 38.1 Å². The number of carbonyl (C=O) groups is 1. The number of halogens is 2. The topological polar surface area (TPSA) is 57.0 Å². The Bertz CT molecular complexity index is 962. The van der Waals surface area contributed by atoms with Gasteiger partial charge in [-0.2, -0.15) is 0 Å². The quantitative estimate of drug-likeness (QED) is 0.399. The van der Waals surface area contributed by atoms with Crippen LogP contribution in [0.1, 0.15) is 13.8 Å². The Kier molecular flexibility index (Phi) is 6.42. The second-order valence-electron chi connectivity index (χ2n) is 5.58. The lowest BCUT2D eigenvalue weighted by molar-refractivity contribution is -0.142. The zero-order chi connectivity index (χ0) is 19.4. The molecule has 0 aliphatic carbocycles. The van der Waals surface area contributed by atoms with Crippen molar-refractivity contribution in [2.75, 3.05) is 6.61 Å². The van der Waals surface area contributed by atoms with Crippen molar-refractivity contribution in [1.29, 1.82) is 0 Å². The van der Waals surface area contributed by atoms with Gasteiger partial charge in [0.05, 0.1) is 22.3 Å². The lowest BCUT2D eigenvalue weighted by atomic mass is 10.2. The molecule has 1 atom stereocenters. The van der Waals surface area contributed by atoms with E-state index in [2.05, 4.69) is 10.2 Å². The zero-order valence-corrected chi connectivity index (χ0v) is 17.1. The van der Waals surface area contributed by atoms with E-state index < -0.39 is 5.25 Å². The Morgan fingerprint density at radius 1 is 1.11 bits per heavy atom. The van der Waals surface area contributed by atoms with Crippen molar-refractivity contribution >= 4 is 40.9 Å². The molecule has 0 spiro atoms. The molecule has 2 aromatic carbocycles. The minimum atomic E-state index is -0.450. The Labute approximate surface area is 171 Å². The van der Waals surface area contributed by atoms with Gasteiger partial charge in [-0.15, -0.1) is 10.2 Å². The third-order valence-corrected chi connectivity index (χ3v) is 5.41. The van der Waals surface area contributed by atoms with Gasteiger partial charge in [-0.25, -0.2) is 0 Å². The van der Waals surface area contributed by atoms with Gasteiger partial charge in [0.15, 0.2) is 11.0 Å². The Morgan fingerprint density at radius 2 is 1.78 bits per heavy atom. The van der Waals surface area contributed by atoms with Crippen LogP contribution in [0.25, 0.3) is 17.1 Å². The molecule has 0 aliphatic heterocycles. The van der Waals surface area contributed by atoms with E-state index in [1.54, 1.807) is 26.0 Å². The summed E-state index contributed by atoms with van der Waals surface area (Å²) >= 11 is 14.1. The maximum Gasteiger partial charge on any atom is 0.319 e. The summed E-state index contributed by atoms with van der Waals surface area (Å²) in [5.41, 5.74) is 1.43. The molecule has 0 bridgehead atoms. The summed E-state index contributed by atoms with van der Waals surface area (Å²) in [4.78, 5) is 12.0. The van der Waals surface area contributed by atoms with E-state index in [-0.39, 0.29) is 5.97 Å². The van der Waals surface area contributed by atoms with Crippen LogP contribution in [-0.2, 0) is 9.53 Å². The number of rotatable bonds is 6. The second kappa shape index (κ2) is 8.78. The number of carbonyl (C=O) groups excluding carboxylic acids is 1. The molecule has 8 heteroatoms. The number of thioether (sulfide) groups is 1. The first-order valence-electron chi connectivity index (χ1n) is 8.31. The van der Waals surface area contributed by atoms with Crippen LogP contribution in [0.2, 0.25) is 10.0 Å². The molecule has 0 N–H and O–H groups in total. The van der Waals surface area contributed by atoms with E-state index in [0.717, 1.165) is 5.56 Å². The first-order chi connectivity index (χ1) is 13.0. The molecule has 1 aromatic heterocycles. The first kappa shape index (κ1) is 19.7. The lowest BCUT2D eigenvalue weighted by Gasteiger charge is -2.14. The van der Waals surface area contributed by atoms with Gasteiger partial charge in [-0.1, -0.05) is 59.2 Å². The molecule has 5 nitrogen and oxygen atoms in total. The summed E-state index contributed by atoms with van der Waals surface area (Å²) in [6.07, 6.45) is 0. The molecular weight excluding hydrogens is 405 g/mol. The van der Waals surface area contributed by atoms with E-state index in [1.165, 1.54) is 11.8 Å².